The summed E-state index contributed by atoms with van der Waals surface area (Å²) in [4.78, 5) is 15.6. The molecular formula is C23H26N8O3. The fraction of sp³-hybridized carbons (Fsp3) is 0.348. The monoisotopic (exact) mass is 462 g/mol. The highest BCUT2D eigenvalue weighted by Gasteiger charge is 2.17. The fourth-order valence-corrected chi connectivity index (χ4v) is 3.59. The molecule has 0 amide bonds. The third kappa shape index (κ3) is 5.31. The van der Waals surface area contributed by atoms with E-state index in [1.165, 1.54) is 0 Å². The summed E-state index contributed by atoms with van der Waals surface area (Å²) in [5, 5.41) is 8.73. The van der Waals surface area contributed by atoms with Crippen LogP contribution in [0.1, 0.15) is 11.3 Å². The van der Waals surface area contributed by atoms with Crippen molar-refractivity contribution in [3.05, 3.63) is 60.3 Å². The standard InChI is InChI=1S/C23H26N8O3/c1-17-13-19(3-6-24-17)34-22-4-7-31(28-22)21-14-20(30-8-11-32-12-9-30)26-23(27-21)33-10-5-18-15-25-29(2)16-18/h3-4,6-7,13-16H,5,8-12H2,1-2H3. The van der Waals surface area contributed by atoms with Crippen molar-refractivity contribution < 1.29 is 14.2 Å². The third-order valence-corrected chi connectivity index (χ3v) is 5.28. The van der Waals surface area contributed by atoms with E-state index < -0.39 is 0 Å². The molecule has 1 saturated heterocycles. The minimum Gasteiger partial charge on any atom is -0.463 e. The van der Waals surface area contributed by atoms with E-state index in [0.29, 0.717) is 49.7 Å². The highest BCUT2D eigenvalue weighted by atomic mass is 16.5. The predicted octanol–water partition coefficient (Wildman–Crippen LogP) is 2.35. The molecule has 0 N–H and O–H groups in total. The van der Waals surface area contributed by atoms with Crippen LogP contribution in [0.5, 0.6) is 17.6 Å². The number of morpholine rings is 1. The van der Waals surface area contributed by atoms with Crippen molar-refractivity contribution >= 4 is 5.82 Å². The molecule has 1 aliphatic heterocycles. The van der Waals surface area contributed by atoms with Gasteiger partial charge in [-0.3, -0.25) is 9.67 Å². The second-order valence-electron chi connectivity index (χ2n) is 7.92. The van der Waals surface area contributed by atoms with Crippen LogP contribution in [0.2, 0.25) is 0 Å². The minimum atomic E-state index is 0.297. The van der Waals surface area contributed by atoms with Crippen LogP contribution in [0.4, 0.5) is 5.82 Å². The predicted molar refractivity (Wildman–Crippen MR) is 124 cm³/mol. The zero-order valence-corrected chi connectivity index (χ0v) is 19.2. The van der Waals surface area contributed by atoms with E-state index in [-0.39, 0.29) is 0 Å². The molecule has 0 unspecified atom stereocenters. The van der Waals surface area contributed by atoms with Crippen LogP contribution in [0.15, 0.2) is 49.1 Å². The number of ether oxygens (including phenoxy) is 3. The highest BCUT2D eigenvalue weighted by Crippen LogP contribution is 2.23. The van der Waals surface area contributed by atoms with Gasteiger partial charge in [0.15, 0.2) is 5.82 Å². The molecular weight excluding hydrogens is 436 g/mol. The van der Waals surface area contributed by atoms with Crippen LogP contribution in [0.3, 0.4) is 0 Å². The maximum atomic E-state index is 5.93. The zero-order valence-electron chi connectivity index (χ0n) is 19.2. The Morgan fingerprint density at radius 1 is 1.09 bits per heavy atom. The smallest absolute Gasteiger partial charge is 0.320 e. The van der Waals surface area contributed by atoms with Crippen molar-refractivity contribution in [1.82, 2.24) is 34.5 Å². The molecule has 0 aliphatic carbocycles. The van der Waals surface area contributed by atoms with Crippen LogP contribution in [0, 0.1) is 6.92 Å². The van der Waals surface area contributed by atoms with E-state index in [2.05, 4.69) is 30.0 Å². The molecule has 11 heteroatoms. The van der Waals surface area contributed by atoms with Crippen molar-refractivity contribution in [2.45, 2.75) is 13.3 Å². The number of aryl methyl sites for hydroxylation is 2. The Morgan fingerprint density at radius 3 is 2.74 bits per heavy atom. The molecule has 4 aromatic heterocycles. The van der Waals surface area contributed by atoms with Gasteiger partial charge < -0.3 is 19.1 Å². The first-order valence-corrected chi connectivity index (χ1v) is 11.1. The van der Waals surface area contributed by atoms with Crippen LogP contribution in [-0.4, -0.2) is 67.4 Å². The van der Waals surface area contributed by atoms with E-state index in [1.807, 2.05) is 38.5 Å². The quantitative estimate of drug-likeness (QED) is 0.390. The summed E-state index contributed by atoms with van der Waals surface area (Å²) >= 11 is 0. The SMILES string of the molecule is Cc1cc(Oc2ccn(-c3cc(N4CCOCC4)nc(OCCc4cnn(C)c4)n3)n2)ccn1. The summed E-state index contributed by atoms with van der Waals surface area (Å²) in [5.41, 5.74) is 1.96. The molecule has 5 rings (SSSR count). The highest BCUT2D eigenvalue weighted by molar-refractivity contribution is 5.46. The number of pyridine rings is 1. The lowest BCUT2D eigenvalue weighted by atomic mass is 10.3. The maximum absolute atomic E-state index is 5.93. The third-order valence-electron chi connectivity index (χ3n) is 5.28. The lowest BCUT2D eigenvalue weighted by Gasteiger charge is -2.28. The van der Waals surface area contributed by atoms with E-state index in [0.717, 1.165) is 30.2 Å². The van der Waals surface area contributed by atoms with Gasteiger partial charge in [-0.1, -0.05) is 0 Å². The van der Waals surface area contributed by atoms with Crippen molar-refractivity contribution in [2.24, 2.45) is 7.05 Å². The lowest BCUT2D eigenvalue weighted by Crippen LogP contribution is -2.37. The molecule has 0 atom stereocenters. The summed E-state index contributed by atoms with van der Waals surface area (Å²) < 4.78 is 20.7. The fourth-order valence-electron chi connectivity index (χ4n) is 3.59. The van der Waals surface area contributed by atoms with Gasteiger partial charge >= 0.3 is 6.01 Å². The van der Waals surface area contributed by atoms with Gasteiger partial charge in [-0.2, -0.15) is 15.1 Å². The Morgan fingerprint density at radius 2 is 1.94 bits per heavy atom. The average Bonchev–Trinajstić information content (AvgIpc) is 3.48. The Bertz CT molecular complexity index is 1250. The van der Waals surface area contributed by atoms with Gasteiger partial charge in [0, 0.05) is 69.0 Å². The zero-order chi connectivity index (χ0) is 23.3. The van der Waals surface area contributed by atoms with E-state index >= 15 is 0 Å². The summed E-state index contributed by atoms with van der Waals surface area (Å²) in [7, 11) is 1.89. The molecule has 5 heterocycles. The van der Waals surface area contributed by atoms with Gasteiger partial charge in [0.05, 0.1) is 26.0 Å². The molecule has 34 heavy (non-hydrogen) atoms. The number of hydrogen-bond donors (Lipinski definition) is 0. The average molecular weight is 463 g/mol. The van der Waals surface area contributed by atoms with Crippen molar-refractivity contribution in [1.29, 1.82) is 0 Å². The van der Waals surface area contributed by atoms with Gasteiger partial charge in [-0.25, -0.2) is 4.68 Å². The first kappa shape index (κ1) is 21.8. The molecule has 0 radical (unpaired) electrons. The van der Waals surface area contributed by atoms with E-state index in [4.69, 9.17) is 14.2 Å². The summed E-state index contributed by atoms with van der Waals surface area (Å²) in [6, 6.07) is 7.63. The molecule has 4 aromatic rings. The van der Waals surface area contributed by atoms with Crippen LogP contribution in [-0.2, 0) is 18.2 Å². The Hall–Kier alpha value is -3.99. The molecule has 0 aromatic carbocycles. The number of anilines is 1. The van der Waals surface area contributed by atoms with Gasteiger partial charge in [-0.15, -0.1) is 5.10 Å². The van der Waals surface area contributed by atoms with Crippen LogP contribution in [0.25, 0.3) is 5.82 Å². The number of aromatic nitrogens is 7. The van der Waals surface area contributed by atoms with E-state index in [1.54, 1.807) is 33.9 Å². The van der Waals surface area contributed by atoms with Gasteiger partial charge in [0.25, 0.3) is 0 Å². The summed E-state index contributed by atoms with van der Waals surface area (Å²) in [6.45, 7) is 5.16. The van der Waals surface area contributed by atoms with Gasteiger partial charge in [0.2, 0.25) is 5.88 Å². The van der Waals surface area contributed by atoms with Crippen LogP contribution >= 0.6 is 0 Å². The summed E-state index contributed by atoms with van der Waals surface area (Å²) in [5.74, 6) is 2.49. The van der Waals surface area contributed by atoms with Crippen LogP contribution < -0.4 is 14.4 Å². The molecule has 1 fully saturated rings. The number of hydrogen-bond acceptors (Lipinski definition) is 9. The van der Waals surface area contributed by atoms with Gasteiger partial charge in [0.1, 0.15) is 11.6 Å². The molecule has 0 spiro atoms. The maximum Gasteiger partial charge on any atom is 0.320 e. The van der Waals surface area contributed by atoms with Gasteiger partial charge in [-0.05, 0) is 18.6 Å². The first-order valence-electron chi connectivity index (χ1n) is 11.1. The Kier molecular flexibility index (Phi) is 6.34. The second-order valence-corrected chi connectivity index (χ2v) is 7.92. The minimum absolute atomic E-state index is 0.297. The molecule has 0 saturated carbocycles. The van der Waals surface area contributed by atoms with Crippen molar-refractivity contribution in [2.75, 3.05) is 37.8 Å². The first-order chi connectivity index (χ1) is 16.6. The number of nitrogens with zero attached hydrogens (tertiary/aromatic N) is 8. The largest absolute Gasteiger partial charge is 0.463 e. The number of rotatable bonds is 8. The normalized spacial score (nSPS) is 13.8. The van der Waals surface area contributed by atoms with Crippen molar-refractivity contribution in [3.63, 3.8) is 0 Å². The lowest BCUT2D eigenvalue weighted by molar-refractivity contribution is 0.122. The summed E-state index contributed by atoms with van der Waals surface area (Å²) in [6.07, 6.45) is 8.01. The van der Waals surface area contributed by atoms with E-state index in [9.17, 15) is 0 Å². The molecule has 0 bridgehead atoms. The molecule has 1 aliphatic rings. The molecule has 176 valence electrons. The Balaban J connectivity index is 1.36. The topological polar surface area (TPSA) is 105 Å². The second kappa shape index (κ2) is 9.87. The van der Waals surface area contributed by atoms with Crippen molar-refractivity contribution in [3.8, 4) is 23.5 Å². The molecule has 11 nitrogen and oxygen atoms in total. The Labute approximate surface area is 196 Å².